The predicted molar refractivity (Wildman–Crippen MR) is 111 cm³/mol. The van der Waals surface area contributed by atoms with Gasteiger partial charge in [0.2, 0.25) is 0 Å². The number of aromatic nitrogens is 4. The minimum atomic E-state index is -2.87. The Morgan fingerprint density at radius 1 is 0.933 bits per heavy atom. The molecule has 2 aromatic carbocycles. The maximum absolute atomic E-state index is 12.7. The van der Waals surface area contributed by atoms with E-state index in [-0.39, 0.29) is 5.75 Å². The number of ether oxygens (including phenoxy) is 1. The molecular formula is C22H18F2N4OS. The average Bonchev–Trinajstić information content (AvgIpc) is 3.16. The van der Waals surface area contributed by atoms with Crippen LogP contribution >= 0.6 is 11.8 Å². The summed E-state index contributed by atoms with van der Waals surface area (Å²) < 4.78 is 32.0. The van der Waals surface area contributed by atoms with Gasteiger partial charge in [-0.3, -0.25) is 9.55 Å². The van der Waals surface area contributed by atoms with E-state index in [9.17, 15) is 8.78 Å². The third-order valence-electron chi connectivity index (χ3n) is 4.37. The molecule has 4 rings (SSSR count). The van der Waals surface area contributed by atoms with Crippen LogP contribution in [0.15, 0.2) is 84.3 Å². The smallest absolute Gasteiger partial charge is 0.387 e. The highest BCUT2D eigenvalue weighted by Gasteiger charge is 2.16. The van der Waals surface area contributed by atoms with Crippen molar-refractivity contribution in [2.75, 3.05) is 0 Å². The quantitative estimate of drug-likeness (QED) is 0.360. The lowest BCUT2D eigenvalue weighted by Crippen LogP contribution is -2.05. The van der Waals surface area contributed by atoms with Crippen LogP contribution in [0.2, 0.25) is 0 Å². The van der Waals surface area contributed by atoms with Gasteiger partial charge >= 0.3 is 6.61 Å². The van der Waals surface area contributed by atoms with Gasteiger partial charge in [0.1, 0.15) is 5.75 Å². The van der Waals surface area contributed by atoms with Crippen molar-refractivity contribution in [3.63, 3.8) is 0 Å². The summed E-state index contributed by atoms with van der Waals surface area (Å²) in [5.41, 5.74) is 2.62. The van der Waals surface area contributed by atoms with Crippen molar-refractivity contribution in [3.8, 4) is 17.1 Å². The second-order valence-electron chi connectivity index (χ2n) is 6.39. The summed E-state index contributed by atoms with van der Waals surface area (Å²) in [4.78, 5) is 4.18. The standard InChI is InChI=1S/C22H18F2N4OS/c23-21(24)29-19-11-5-4-9-18(19)15-30-22-27-26-20(17-10-6-12-25-13-17)28(22)14-16-7-2-1-3-8-16/h1-13,21H,14-15H2. The van der Waals surface area contributed by atoms with Gasteiger partial charge in [-0.15, -0.1) is 10.2 Å². The van der Waals surface area contributed by atoms with E-state index in [4.69, 9.17) is 0 Å². The minimum absolute atomic E-state index is 0.168. The molecule has 8 heteroatoms. The maximum Gasteiger partial charge on any atom is 0.387 e. The summed E-state index contributed by atoms with van der Waals surface area (Å²) in [6, 6.07) is 20.5. The van der Waals surface area contributed by atoms with Crippen LogP contribution in [0, 0.1) is 0 Å². The van der Waals surface area contributed by atoms with E-state index in [1.54, 1.807) is 30.6 Å². The summed E-state index contributed by atoms with van der Waals surface area (Å²) in [5.74, 6) is 1.29. The van der Waals surface area contributed by atoms with E-state index >= 15 is 0 Å². The molecule has 0 radical (unpaired) electrons. The lowest BCUT2D eigenvalue weighted by Gasteiger charge is -2.12. The van der Waals surface area contributed by atoms with Crippen LogP contribution in [-0.4, -0.2) is 26.4 Å². The highest BCUT2D eigenvalue weighted by molar-refractivity contribution is 7.98. The van der Waals surface area contributed by atoms with Gasteiger partial charge in [0.05, 0.1) is 6.54 Å². The molecule has 0 aliphatic heterocycles. The van der Waals surface area contributed by atoms with Gasteiger partial charge in [-0.1, -0.05) is 60.3 Å². The number of benzene rings is 2. The van der Waals surface area contributed by atoms with E-state index in [2.05, 4.69) is 19.9 Å². The number of hydrogen-bond acceptors (Lipinski definition) is 5. The number of nitrogens with zero attached hydrogens (tertiary/aromatic N) is 4. The van der Waals surface area contributed by atoms with Crippen LogP contribution in [0.4, 0.5) is 8.78 Å². The Morgan fingerprint density at radius 2 is 1.73 bits per heavy atom. The fourth-order valence-electron chi connectivity index (χ4n) is 2.99. The second kappa shape index (κ2) is 9.49. The molecule has 0 aliphatic rings. The molecule has 5 nitrogen and oxygen atoms in total. The van der Waals surface area contributed by atoms with Crippen molar-refractivity contribution in [2.45, 2.75) is 24.1 Å². The molecule has 0 fully saturated rings. The number of pyridine rings is 1. The number of rotatable bonds is 8. The SMILES string of the molecule is FC(F)Oc1ccccc1CSc1nnc(-c2cccnc2)n1Cc1ccccc1. The van der Waals surface area contributed by atoms with E-state index in [1.165, 1.54) is 17.8 Å². The first kappa shape index (κ1) is 20.0. The molecule has 30 heavy (non-hydrogen) atoms. The van der Waals surface area contributed by atoms with Crippen molar-refractivity contribution >= 4 is 11.8 Å². The number of thioether (sulfide) groups is 1. The normalized spacial score (nSPS) is 11.0. The zero-order valence-corrected chi connectivity index (χ0v) is 16.7. The molecule has 0 saturated heterocycles. The highest BCUT2D eigenvalue weighted by atomic mass is 32.2. The molecule has 0 saturated carbocycles. The molecule has 4 aromatic rings. The van der Waals surface area contributed by atoms with Crippen LogP contribution in [0.3, 0.4) is 0 Å². The van der Waals surface area contributed by atoms with Crippen LogP contribution < -0.4 is 4.74 Å². The Labute approximate surface area is 176 Å². The lowest BCUT2D eigenvalue weighted by atomic mass is 10.2. The zero-order chi connectivity index (χ0) is 20.8. The number of para-hydroxylation sites is 1. The van der Waals surface area contributed by atoms with Crippen LogP contribution in [0.25, 0.3) is 11.4 Å². The Morgan fingerprint density at radius 3 is 2.50 bits per heavy atom. The van der Waals surface area contributed by atoms with Crippen molar-refractivity contribution < 1.29 is 13.5 Å². The molecule has 0 atom stereocenters. The molecule has 2 heterocycles. The Bertz CT molecular complexity index is 1090. The van der Waals surface area contributed by atoms with Crippen molar-refractivity contribution in [3.05, 3.63) is 90.3 Å². The Hall–Kier alpha value is -3.26. The van der Waals surface area contributed by atoms with Gasteiger partial charge in [-0.05, 0) is 23.8 Å². The molecule has 0 N–H and O–H groups in total. The molecular weight excluding hydrogens is 406 g/mol. The number of hydrogen-bond donors (Lipinski definition) is 0. The first-order valence-corrected chi connectivity index (χ1v) is 10.2. The number of halogens is 2. The topological polar surface area (TPSA) is 52.8 Å². The fourth-order valence-corrected chi connectivity index (χ4v) is 3.92. The van der Waals surface area contributed by atoms with E-state index in [0.717, 1.165) is 11.1 Å². The molecule has 2 aromatic heterocycles. The summed E-state index contributed by atoms with van der Waals surface area (Å²) in [6.07, 6.45) is 3.45. The van der Waals surface area contributed by atoms with Gasteiger partial charge in [0, 0.05) is 29.3 Å². The van der Waals surface area contributed by atoms with Gasteiger partial charge in [-0.25, -0.2) is 0 Å². The van der Waals surface area contributed by atoms with Crippen LogP contribution in [0.5, 0.6) is 5.75 Å². The maximum atomic E-state index is 12.7. The average molecular weight is 424 g/mol. The molecule has 0 unspecified atom stereocenters. The van der Waals surface area contributed by atoms with Crippen molar-refractivity contribution in [1.82, 2.24) is 19.7 Å². The van der Waals surface area contributed by atoms with E-state index < -0.39 is 6.61 Å². The lowest BCUT2D eigenvalue weighted by molar-refractivity contribution is -0.0503. The van der Waals surface area contributed by atoms with Gasteiger partial charge in [0.25, 0.3) is 0 Å². The third kappa shape index (κ3) is 4.83. The van der Waals surface area contributed by atoms with Gasteiger partial charge in [-0.2, -0.15) is 8.78 Å². The molecule has 0 bridgehead atoms. The first-order valence-electron chi connectivity index (χ1n) is 9.24. The van der Waals surface area contributed by atoms with Crippen LogP contribution in [-0.2, 0) is 12.3 Å². The summed E-state index contributed by atoms with van der Waals surface area (Å²) in [6.45, 7) is -2.29. The molecule has 0 aliphatic carbocycles. The third-order valence-corrected chi connectivity index (χ3v) is 5.38. The molecule has 0 spiro atoms. The Kier molecular flexibility index (Phi) is 6.34. The Balaban J connectivity index is 1.63. The first-order chi connectivity index (χ1) is 14.7. The molecule has 152 valence electrons. The van der Waals surface area contributed by atoms with E-state index in [0.29, 0.717) is 28.8 Å². The molecule has 0 amide bonds. The minimum Gasteiger partial charge on any atom is -0.435 e. The highest BCUT2D eigenvalue weighted by Crippen LogP contribution is 2.30. The summed E-state index contributed by atoms with van der Waals surface area (Å²) >= 11 is 1.42. The van der Waals surface area contributed by atoms with Gasteiger partial charge < -0.3 is 4.74 Å². The van der Waals surface area contributed by atoms with Crippen molar-refractivity contribution in [2.24, 2.45) is 0 Å². The summed E-state index contributed by atoms with van der Waals surface area (Å²) in [7, 11) is 0. The largest absolute Gasteiger partial charge is 0.435 e. The zero-order valence-electron chi connectivity index (χ0n) is 15.9. The summed E-state index contributed by atoms with van der Waals surface area (Å²) in [5, 5.41) is 9.40. The number of alkyl halides is 2. The van der Waals surface area contributed by atoms with Gasteiger partial charge in [0.15, 0.2) is 11.0 Å². The monoisotopic (exact) mass is 424 g/mol. The van der Waals surface area contributed by atoms with Crippen LogP contribution in [0.1, 0.15) is 11.1 Å². The fraction of sp³-hybridized carbons (Fsp3) is 0.136. The van der Waals surface area contributed by atoms with E-state index in [1.807, 2.05) is 47.0 Å². The predicted octanol–water partition coefficient (Wildman–Crippen LogP) is 5.28. The second-order valence-corrected chi connectivity index (χ2v) is 7.34. The van der Waals surface area contributed by atoms with Crippen molar-refractivity contribution in [1.29, 1.82) is 0 Å².